The van der Waals surface area contributed by atoms with Crippen molar-refractivity contribution in [3.63, 3.8) is 0 Å². The number of aryl methyl sites for hydroxylation is 1. The fourth-order valence-corrected chi connectivity index (χ4v) is 2.75. The summed E-state index contributed by atoms with van der Waals surface area (Å²) in [6.45, 7) is 6.27. The van der Waals surface area contributed by atoms with Gasteiger partial charge < -0.3 is 5.32 Å². The lowest BCUT2D eigenvalue weighted by Gasteiger charge is -2.23. The number of halogens is 1. The average Bonchev–Trinajstić information content (AvgIpc) is 3.15. The first-order chi connectivity index (χ1) is 11.9. The van der Waals surface area contributed by atoms with Crippen LogP contribution >= 0.6 is 15.9 Å². The van der Waals surface area contributed by atoms with Gasteiger partial charge in [-0.1, -0.05) is 30.3 Å². The van der Waals surface area contributed by atoms with Crippen molar-refractivity contribution in [2.45, 2.75) is 32.9 Å². The third-order valence-electron chi connectivity index (χ3n) is 4.08. The number of hydrogen-bond donors (Lipinski definition) is 1. The maximum atomic E-state index is 12.7. The van der Waals surface area contributed by atoms with Gasteiger partial charge in [-0.25, -0.2) is 0 Å². The molecule has 0 saturated heterocycles. The minimum atomic E-state index is -0.830. The molecule has 0 saturated carbocycles. The van der Waals surface area contributed by atoms with E-state index >= 15 is 0 Å². The third-order valence-corrected chi connectivity index (χ3v) is 4.49. The third kappa shape index (κ3) is 3.82. The molecule has 0 fully saturated rings. The normalized spacial score (nSPS) is 11.5. The molecule has 130 valence electrons. The monoisotopic (exact) mass is 401 g/mol. The zero-order valence-corrected chi connectivity index (χ0v) is 16.0. The Bertz CT molecular complexity index is 882. The van der Waals surface area contributed by atoms with Crippen LogP contribution in [0.1, 0.15) is 25.1 Å². The lowest BCUT2D eigenvalue weighted by Crippen LogP contribution is -2.40. The molecular formula is C18H20BrN5O. The first-order valence-corrected chi connectivity index (χ1v) is 8.76. The van der Waals surface area contributed by atoms with Gasteiger partial charge in [-0.15, -0.1) is 0 Å². The summed E-state index contributed by atoms with van der Waals surface area (Å²) in [5, 5.41) is 11.6. The first-order valence-electron chi connectivity index (χ1n) is 7.97. The van der Waals surface area contributed by atoms with E-state index in [1.54, 1.807) is 17.1 Å². The van der Waals surface area contributed by atoms with Crippen molar-refractivity contribution in [1.29, 1.82) is 0 Å². The topological polar surface area (TPSA) is 64.7 Å². The van der Waals surface area contributed by atoms with Gasteiger partial charge in [0.05, 0.1) is 17.2 Å². The first kappa shape index (κ1) is 17.4. The number of carbonyl (C=O) groups excluding carboxylic acids is 1. The standard InChI is InChI=1S/C18H20BrN5O/c1-13-9-16(22-23(13)11-14-7-5-4-6-8-14)21-17(25)18(2,3)24-12-15(19)10-20-24/h4-10,12H,11H2,1-3H3,(H,21,22,25). The smallest absolute Gasteiger partial charge is 0.252 e. The fraction of sp³-hybridized carbons (Fsp3) is 0.278. The van der Waals surface area contributed by atoms with Crippen molar-refractivity contribution in [2.75, 3.05) is 5.32 Å². The Morgan fingerprint density at radius 2 is 2.00 bits per heavy atom. The Hall–Kier alpha value is -2.41. The molecular weight excluding hydrogens is 382 g/mol. The Labute approximate surface area is 155 Å². The van der Waals surface area contributed by atoms with E-state index < -0.39 is 5.54 Å². The number of nitrogens with one attached hydrogen (secondary N) is 1. The Morgan fingerprint density at radius 3 is 2.64 bits per heavy atom. The van der Waals surface area contributed by atoms with Crippen LogP contribution in [0, 0.1) is 6.92 Å². The Balaban J connectivity index is 1.75. The summed E-state index contributed by atoms with van der Waals surface area (Å²) in [7, 11) is 0. The van der Waals surface area contributed by atoms with Gasteiger partial charge in [-0.3, -0.25) is 14.2 Å². The molecule has 0 aliphatic carbocycles. The number of anilines is 1. The van der Waals surface area contributed by atoms with E-state index in [1.807, 2.05) is 49.7 Å². The molecule has 0 spiro atoms. The summed E-state index contributed by atoms with van der Waals surface area (Å²) >= 11 is 3.35. The van der Waals surface area contributed by atoms with E-state index in [0.717, 1.165) is 15.7 Å². The lowest BCUT2D eigenvalue weighted by atomic mass is 10.1. The van der Waals surface area contributed by atoms with Crippen LogP contribution in [-0.4, -0.2) is 25.5 Å². The van der Waals surface area contributed by atoms with Crippen LogP contribution < -0.4 is 5.32 Å². The SMILES string of the molecule is Cc1cc(NC(=O)C(C)(C)n2cc(Br)cn2)nn1Cc1ccccc1. The van der Waals surface area contributed by atoms with E-state index in [2.05, 4.69) is 43.6 Å². The summed E-state index contributed by atoms with van der Waals surface area (Å²) in [6, 6.07) is 12.0. The molecule has 3 rings (SSSR count). The van der Waals surface area contributed by atoms with Crippen molar-refractivity contribution < 1.29 is 4.79 Å². The quantitative estimate of drug-likeness (QED) is 0.710. The molecule has 1 amide bonds. The fourth-order valence-electron chi connectivity index (χ4n) is 2.47. The van der Waals surface area contributed by atoms with Crippen LogP contribution in [-0.2, 0) is 16.9 Å². The van der Waals surface area contributed by atoms with Crippen molar-refractivity contribution >= 4 is 27.7 Å². The van der Waals surface area contributed by atoms with E-state index in [-0.39, 0.29) is 5.91 Å². The molecule has 6 nitrogen and oxygen atoms in total. The van der Waals surface area contributed by atoms with Gasteiger partial charge in [0.15, 0.2) is 5.82 Å². The van der Waals surface area contributed by atoms with Gasteiger partial charge in [0.2, 0.25) is 0 Å². The summed E-state index contributed by atoms with van der Waals surface area (Å²) in [5.41, 5.74) is 1.32. The van der Waals surface area contributed by atoms with Crippen molar-refractivity contribution in [1.82, 2.24) is 19.6 Å². The number of amides is 1. The summed E-state index contributed by atoms with van der Waals surface area (Å²) in [5.74, 6) is 0.366. The molecule has 2 heterocycles. The van der Waals surface area contributed by atoms with E-state index in [0.29, 0.717) is 12.4 Å². The highest BCUT2D eigenvalue weighted by molar-refractivity contribution is 9.10. The number of aromatic nitrogens is 4. The van der Waals surface area contributed by atoms with E-state index in [1.165, 1.54) is 0 Å². The van der Waals surface area contributed by atoms with Crippen LogP contribution in [0.4, 0.5) is 5.82 Å². The van der Waals surface area contributed by atoms with Crippen LogP contribution in [0.15, 0.2) is 53.3 Å². The highest BCUT2D eigenvalue weighted by Gasteiger charge is 2.31. The van der Waals surface area contributed by atoms with Gasteiger partial charge in [0.1, 0.15) is 5.54 Å². The number of nitrogens with zero attached hydrogens (tertiary/aromatic N) is 4. The van der Waals surface area contributed by atoms with Gasteiger partial charge in [0.25, 0.3) is 5.91 Å². The van der Waals surface area contributed by atoms with Gasteiger partial charge in [-0.2, -0.15) is 10.2 Å². The largest absolute Gasteiger partial charge is 0.307 e. The molecule has 1 N–H and O–H groups in total. The number of hydrogen-bond acceptors (Lipinski definition) is 3. The van der Waals surface area contributed by atoms with E-state index in [9.17, 15) is 4.79 Å². The second-order valence-corrected chi connectivity index (χ2v) is 7.35. The number of carbonyl (C=O) groups is 1. The van der Waals surface area contributed by atoms with Crippen molar-refractivity contribution in [2.24, 2.45) is 0 Å². The second-order valence-electron chi connectivity index (χ2n) is 6.43. The summed E-state index contributed by atoms with van der Waals surface area (Å²) in [6.07, 6.45) is 3.44. The number of rotatable bonds is 5. The van der Waals surface area contributed by atoms with Gasteiger partial charge in [0, 0.05) is 18.0 Å². The molecule has 0 unspecified atom stereocenters. The Morgan fingerprint density at radius 1 is 1.28 bits per heavy atom. The zero-order valence-electron chi connectivity index (χ0n) is 14.4. The summed E-state index contributed by atoms with van der Waals surface area (Å²) in [4.78, 5) is 12.7. The van der Waals surface area contributed by atoms with Gasteiger partial charge >= 0.3 is 0 Å². The highest BCUT2D eigenvalue weighted by Crippen LogP contribution is 2.20. The van der Waals surface area contributed by atoms with Crippen LogP contribution in [0.25, 0.3) is 0 Å². The zero-order chi connectivity index (χ0) is 18.0. The molecule has 0 bridgehead atoms. The molecule has 0 atom stereocenters. The summed E-state index contributed by atoms with van der Waals surface area (Å²) < 4.78 is 4.33. The number of benzene rings is 1. The predicted molar refractivity (Wildman–Crippen MR) is 100 cm³/mol. The highest BCUT2D eigenvalue weighted by atomic mass is 79.9. The molecule has 2 aromatic heterocycles. The van der Waals surface area contributed by atoms with Crippen LogP contribution in [0.2, 0.25) is 0 Å². The van der Waals surface area contributed by atoms with Crippen LogP contribution in [0.3, 0.4) is 0 Å². The predicted octanol–water partition coefficient (Wildman–Crippen LogP) is 3.57. The van der Waals surface area contributed by atoms with Crippen LogP contribution in [0.5, 0.6) is 0 Å². The molecule has 1 aromatic carbocycles. The molecule has 3 aromatic rings. The maximum Gasteiger partial charge on any atom is 0.252 e. The second kappa shape index (κ2) is 6.84. The molecule has 7 heteroatoms. The van der Waals surface area contributed by atoms with Crippen molar-refractivity contribution in [3.8, 4) is 0 Å². The van der Waals surface area contributed by atoms with E-state index in [4.69, 9.17) is 0 Å². The lowest BCUT2D eigenvalue weighted by molar-refractivity contribution is -0.123. The van der Waals surface area contributed by atoms with Crippen molar-refractivity contribution in [3.05, 3.63) is 64.5 Å². The Kier molecular flexibility index (Phi) is 4.76. The molecule has 25 heavy (non-hydrogen) atoms. The minimum absolute atomic E-state index is 0.174. The average molecular weight is 402 g/mol. The molecule has 0 aliphatic heterocycles. The minimum Gasteiger partial charge on any atom is -0.307 e. The van der Waals surface area contributed by atoms with Gasteiger partial charge in [-0.05, 0) is 42.3 Å². The maximum absolute atomic E-state index is 12.7. The molecule has 0 aliphatic rings. The molecule has 0 radical (unpaired) electrons.